The van der Waals surface area contributed by atoms with Crippen molar-refractivity contribution < 1.29 is 0 Å². The highest BCUT2D eigenvalue weighted by atomic mass is 14.6. The number of hydrogen-bond acceptors (Lipinski definition) is 2. The Morgan fingerprint density at radius 3 is 2.69 bits per heavy atom. The topological polar surface area (TPSA) is 36.7 Å². The Bertz CT molecular complexity index is 565. The van der Waals surface area contributed by atoms with E-state index in [1.807, 2.05) is 6.07 Å². The highest BCUT2D eigenvalue weighted by molar-refractivity contribution is 5.73. The number of nitriles is 1. The van der Waals surface area contributed by atoms with Gasteiger partial charge < -0.3 is 0 Å². The quantitative estimate of drug-likeness (QED) is 0.721. The molecule has 0 amide bonds. The van der Waals surface area contributed by atoms with Gasteiger partial charge in [-0.05, 0) is 31.0 Å². The molecule has 0 bridgehead atoms. The minimum Gasteiger partial charge on any atom is -0.263 e. The summed E-state index contributed by atoms with van der Waals surface area (Å²) in [7, 11) is 0. The second-order valence-corrected chi connectivity index (χ2v) is 3.85. The van der Waals surface area contributed by atoms with Crippen LogP contribution in [0.5, 0.6) is 0 Å². The number of aromatic nitrogens is 1. The number of rotatable bonds is 1. The van der Waals surface area contributed by atoms with Gasteiger partial charge in [-0.2, -0.15) is 5.26 Å². The molecule has 2 aromatic rings. The lowest BCUT2D eigenvalue weighted by atomic mass is 9.96. The average molecular weight is 208 g/mol. The molecule has 0 radical (unpaired) electrons. The van der Waals surface area contributed by atoms with Crippen LogP contribution in [-0.4, -0.2) is 4.98 Å². The van der Waals surface area contributed by atoms with Gasteiger partial charge in [0.25, 0.3) is 0 Å². The predicted molar refractivity (Wildman–Crippen MR) is 63.9 cm³/mol. The molecule has 0 saturated carbocycles. The summed E-state index contributed by atoms with van der Waals surface area (Å²) in [6.45, 7) is 4.10. The third-order valence-electron chi connectivity index (χ3n) is 2.62. The smallest absolute Gasteiger partial charge is 0.101 e. The third-order valence-corrected chi connectivity index (χ3v) is 2.62. The number of nitrogens with zero attached hydrogens (tertiary/aromatic N) is 2. The number of benzene rings is 1. The molecule has 1 aromatic carbocycles. The van der Waals surface area contributed by atoms with Crippen molar-refractivity contribution in [1.82, 2.24) is 4.98 Å². The van der Waals surface area contributed by atoms with Gasteiger partial charge >= 0.3 is 0 Å². The van der Waals surface area contributed by atoms with E-state index in [-0.39, 0.29) is 0 Å². The summed E-state index contributed by atoms with van der Waals surface area (Å²) in [6.07, 6.45) is 3.33. The van der Waals surface area contributed by atoms with Crippen LogP contribution in [0.2, 0.25) is 0 Å². The van der Waals surface area contributed by atoms with Crippen molar-refractivity contribution in [3.63, 3.8) is 0 Å². The maximum Gasteiger partial charge on any atom is 0.101 e. The third kappa shape index (κ3) is 1.80. The molecule has 0 N–H and O–H groups in total. The Labute approximate surface area is 95.2 Å². The van der Waals surface area contributed by atoms with E-state index in [0.717, 1.165) is 11.1 Å². The lowest BCUT2D eigenvalue weighted by Crippen LogP contribution is -1.89. The molecule has 0 aliphatic heterocycles. The molecule has 0 unspecified atom stereocenters. The van der Waals surface area contributed by atoms with Crippen LogP contribution in [0.3, 0.4) is 0 Å². The molecule has 78 valence electrons. The molecule has 2 nitrogen and oxygen atoms in total. The minimum atomic E-state index is 0.621. The first kappa shape index (κ1) is 10.4. The predicted octanol–water partition coefficient (Wildman–Crippen LogP) is 3.24. The van der Waals surface area contributed by atoms with E-state index in [9.17, 15) is 0 Å². The Morgan fingerprint density at radius 2 is 1.94 bits per heavy atom. The summed E-state index contributed by atoms with van der Waals surface area (Å²) in [5.41, 5.74) is 5.06. The average Bonchev–Trinajstić information content (AvgIpc) is 2.32. The Kier molecular flexibility index (Phi) is 2.70. The van der Waals surface area contributed by atoms with Gasteiger partial charge in [-0.15, -0.1) is 0 Å². The van der Waals surface area contributed by atoms with Gasteiger partial charge in [0.2, 0.25) is 0 Å². The standard InChI is InChI=1S/C14H12N2/c1-10-3-4-11(2)14(7-10)13-5-6-16-9-12(13)8-15/h3-7,9H,1-2H3. The molecule has 0 saturated heterocycles. The van der Waals surface area contributed by atoms with Crippen molar-refractivity contribution in [3.8, 4) is 17.2 Å². The Hall–Kier alpha value is -2.14. The van der Waals surface area contributed by atoms with Crippen LogP contribution in [-0.2, 0) is 0 Å². The van der Waals surface area contributed by atoms with Gasteiger partial charge in [-0.25, -0.2) is 0 Å². The summed E-state index contributed by atoms with van der Waals surface area (Å²) < 4.78 is 0. The first-order chi connectivity index (χ1) is 7.72. The second kappa shape index (κ2) is 4.16. The van der Waals surface area contributed by atoms with Gasteiger partial charge in [0.15, 0.2) is 0 Å². The Balaban J connectivity index is 2.68. The SMILES string of the molecule is Cc1ccc(C)c(-c2ccncc2C#N)c1. The molecule has 1 heterocycles. The molecule has 0 atom stereocenters. The maximum atomic E-state index is 9.05. The van der Waals surface area contributed by atoms with Crippen molar-refractivity contribution in [2.45, 2.75) is 13.8 Å². The fraction of sp³-hybridized carbons (Fsp3) is 0.143. The molecule has 0 fully saturated rings. The zero-order valence-electron chi connectivity index (χ0n) is 9.36. The van der Waals surface area contributed by atoms with E-state index in [1.54, 1.807) is 12.4 Å². The van der Waals surface area contributed by atoms with Crippen molar-refractivity contribution in [1.29, 1.82) is 5.26 Å². The minimum absolute atomic E-state index is 0.621. The van der Waals surface area contributed by atoms with Gasteiger partial charge in [0.05, 0.1) is 5.56 Å². The van der Waals surface area contributed by atoms with E-state index in [4.69, 9.17) is 5.26 Å². The molecule has 0 spiro atoms. The first-order valence-electron chi connectivity index (χ1n) is 5.14. The summed E-state index contributed by atoms with van der Waals surface area (Å²) >= 11 is 0. The van der Waals surface area contributed by atoms with E-state index >= 15 is 0 Å². The molecule has 2 rings (SSSR count). The van der Waals surface area contributed by atoms with E-state index in [2.05, 4.69) is 43.1 Å². The van der Waals surface area contributed by atoms with Crippen molar-refractivity contribution in [3.05, 3.63) is 53.3 Å². The first-order valence-corrected chi connectivity index (χ1v) is 5.14. The van der Waals surface area contributed by atoms with Crippen LogP contribution >= 0.6 is 0 Å². The van der Waals surface area contributed by atoms with Crippen LogP contribution in [0.4, 0.5) is 0 Å². The molecular weight excluding hydrogens is 196 g/mol. The molecule has 16 heavy (non-hydrogen) atoms. The molecular formula is C14H12N2. The van der Waals surface area contributed by atoms with Gasteiger partial charge in [-0.3, -0.25) is 4.98 Å². The second-order valence-electron chi connectivity index (χ2n) is 3.85. The van der Waals surface area contributed by atoms with Crippen LogP contribution in [0.25, 0.3) is 11.1 Å². The van der Waals surface area contributed by atoms with Gasteiger partial charge in [0, 0.05) is 18.0 Å². The summed E-state index contributed by atoms with van der Waals surface area (Å²) in [5.74, 6) is 0. The van der Waals surface area contributed by atoms with Crippen molar-refractivity contribution in [2.75, 3.05) is 0 Å². The summed E-state index contributed by atoms with van der Waals surface area (Å²) in [6, 6.07) is 10.3. The number of aryl methyl sites for hydroxylation is 2. The summed E-state index contributed by atoms with van der Waals surface area (Å²) in [5, 5.41) is 9.05. The van der Waals surface area contributed by atoms with Crippen molar-refractivity contribution >= 4 is 0 Å². The van der Waals surface area contributed by atoms with Crippen LogP contribution in [0.1, 0.15) is 16.7 Å². The normalized spacial score (nSPS) is 9.81. The monoisotopic (exact) mass is 208 g/mol. The zero-order chi connectivity index (χ0) is 11.5. The zero-order valence-corrected chi connectivity index (χ0v) is 9.36. The molecule has 0 aliphatic rings. The lowest BCUT2D eigenvalue weighted by molar-refractivity contribution is 1.29. The maximum absolute atomic E-state index is 9.05. The number of hydrogen-bond donors (Lipinski definition) is 0. The molecule has 1 aromatic heterocycles. The largest absolute Gasteiger partial charge is 0.263 e. The summed E-state index contributed by atoms with van der Waals surface area (Å²) in [4.78, 5) is 3.97. The van der Waals surface area contributed by atoms with E-state index in [1.165, 1.54) is 11.1 Å². The van der Waals surface area contributed by atoms with Crippen LogP contribution < -0.4 is 0 Å². The van der Waals surface area contributed by atoms with Crippen molar-refractivity contribution in [2.24, 2.45) is 0 Å². The lowest BCUT2D eigenvalue weighted by Gasteiger charge is -2.08. The highest BCUT2D eigenvalue weighted by Crippen LogP contribution is 2.26. The van der Waals surface area contributed by atoms with Gasteiger partial charge in [0.1, 0.15) is 6.07 Å². The fourth-order valence-electron chi connectivity index (χ4n) is 1.74. The molecule has 2 heteroatoms. The van der Waals surface area contributed by atoms with Crippen LogP contribution in [0, 0.1) is 25.2 Å². The molecule has 0 aliphatic carbocycles. The number of pyridine rings is 1. The highest BCUT2D eigenvalue weighted by Gasteiger charge is 2.07. The van der Waals surface area contributed by atoms with Gasteiger partial charge in [-0.1, -0.05) is 23.8 Å². The van der Waals surface area contributed by atoms with Crippen LogP contribution in [0.15, 0.2) is 36.7 Å². The van der Waals surface area contributed by atoms with E-state index in [0.29, 0.717) is 5.56 Å². The van der Waals surface area contributed by atoms with E-state index < -0.39 is 0 Å². The Morgan fingerprint density at radius 1 is 1.12 bits per heavy atom. The fourth-order valence-corrected chi connectivity index (χ4v) is 1.74.